The predicted octanol–water partition coefficient (Wildman–Crippen LogP) is 2.12. The second-order valence-corrected chi connectivity index (χ2v) is 3.51. The van der Waals surface area contributed by atoms with Crippen molar-refractivity contribution < 1.29 is 4.52 Å². The highest BCUT2D eigenvalue weighted by Gasteiger charge is 2.14. The van der Waals surface area contributed by atoms with Gasteiger partial charge in [-0.1, -0.05) is 17.3 Å². The van der Waals surface area contributed by atoms with Gasteiger partial charge < -0.3 is 16.0 Å². The first-order valence-corrected chi connectivity index (χ1v) is 4.68. The van der Waals surface area contributed by atoms with Gasteiger partial charge in [0.25, 0.3) is 0 Å². The molecule has 4 nitrogen and oxygen atoms in total. The fourth-order valence-electron chi connectivity index (χ4n) is 1.67. The van der Waals surface area contributed by atoms with Crippen LogP contribution in [-0.2, 0) is 0 Å². The van der Waals surface area contributed by atoms with E-state index in [4.69, 9.17) is 16.0 Å². The zero-order valence-corrected chi connectivity index (χ0v) is 8.74. The zero-order chi connectivity index (χ0) is 11.0. The van der Waals surface area contributed by atoms with Crippen LogP contribution in [0, 0.1) is 13.8 Å². The quantitative estimate of drug-likeness (QED) is 0.696. The van der Waals surface area contributed by atoms with Crippen LogP contribution >= 0.6 is 0 Å². The van der Waals surface area contributed by atoms with Crippen molar-refractivity contribution in [3.8, 4) is 11.1 Å². The largest absolute Gasteiger partial charge is 0.397 e. The minimum Gasteiger partial charge on any atom is -0.397 e. The standard InChI is InChI=1S/C11H13N3O/c1-6-10(7(2)15-14-6)8-4-3-5-9(12)11(8)13/h3-5H,12-13H2,1-2H3. The summed E-state index contributed by atoms with van der Waals surface area (Å²) in [4.78, 5) is 0. The third kappa shape index (κ3) is 1.44. The monoisotopic (exact) mass is 203 g/mol. The average molecular weight is 203 g/mol. The van der Waals surface area contributed by atoms with E-state index in [1.165, 1.54) is 0 Å². The first-order valence-electron chi connectivity index (χ1n) is 4.68. The highest BCUT2D eigenvalue weighted by atomic mass is 16.5. The van der Waals surface area contributed by atoms with E-state index in [1.807, 2.05) is 26.0 Å². The van der Waals surface area contributed by atoms with Crippen LogP contribution < -0.4 is 11.5 Å². The molecule has 4 heteroatoms. The Bertz CT molecular complexity index is 483. The Kier molecular flexibility index (Phi) is 2.11. The fraction of sp³-hybridized carbons (Fsp3) is 0.182. The van der Waals surface area contributed by atoms with Gasteiger partial charge >= 0.3 is 0 Å². The maximum atomic E-state index is 5.92. The Labute approximate surface area is 87.9 Å². The van der Waals surface area contributed by atoms with E-state index in [0.29, 0.717) is 11.4 Å². The number of benzene rings is 1. The molecule has 15 heavy (non-hydrogen) atoms. The molecule has 2 aromatic rings. The highest BCUT2D eigenvalue weighted by Crippen LogP contribution is 2.34. The summed E-state index contributed by atoms with van der Waals surface area (Å²) in [6.07, 6.45) is 0. The smallest absolute Gasteiger partial charge is 0.141 e. The van der Waals surface area contributed by atoms with Gasteiger partial charge in [0, 0.05) is 11.1 Å². The van der Waals surface area contributed by atoms with Gasteiger partial charge in [-0.15, -0.1) is 0 Å². The molecule has 78 valence electrons. The van der Waals surface area contributed by atoms with Crippen LogP contribution in [0.25, 0.3) is 11.1 Å². The summed E-state index contributed by atoms with van der Waals surface area (Å²) in [5.74, 6) is 0.754. The molecule has 0 saturated heterocycles. The molecule has 0 saturated carbocycles. The van der Waals surface area contributed by atoms with E-state index in [1.54, 1.807) is 6.07 Å². The Morgan fingerprint density at radius 1 is 1.20 bits per heavy atom. The minimum atomic E-state index is 0.576. The lowest BCUT2D eigenvalue weighted by atomic mass is 10.0. The summed E-state index contributed by atoms with van der Waals surface area (Å²) in [5, 5.41) is 3.89. The molecule has 2 rings (SSSR count). The number of nitrogens with zero attached hydrogens (tertiary/aromatic N) is 1. The molecular weight excluding hydrogens is 190 g/mol. The number of hydrogen-bond donors (Lipinski definition) is 2. The second-order valence-electron chi connectivity index (χ2n) is 3.51. The maximum Gasteiger partial charge on any atom is 0.141 e. The minimum absolute atomic E-state index is 0.576. The van der Waals surface area contributed by atoms with Crippen molar-refractivity contribution in [3.05, 3.63) is 29.7 Å². The number of nitrogen functional groups attached to an aromatic ring is 2. The fourth-order valence-corrected chi connectivity index (χ4v) is 1.67. The van der Waals surface area contributed by atoms with Gasteiger partial charge in [-0.25, -0.2) is 0 Å². The number of aryl methyl sites for hydroxylation is 2. The molecule has 0 radical (unpaired) electrons. The van der Waals surface area contributed by atoms with Crippen LogP contribution in [0.2, 0.25) is 0 Å². The molecule has 0 unspecified atom stereocenters. The van der Waals surface area contributed by atoms with Gasteiger partial charge in [-0.2, -0.15) is 0 Å². The molecule has 0 aliphatic rings. The lowest BCUT2D eigenvalue weighted by molar-refractivity contribution is 0.393. The van der Waals surface area contributed by atoms with Crippen LogP contribution in [0.1, 0.15) is 11.5 Å². The SMILES string of the molecule is Cc1noc(C)c1-c1cccc(N)c1N. The molecule has 4 N–H and O–H groups in total. The van der Waals surface area contributed by atoms with Gasteiger partial charge in [0.05, 0.1) is 17.1 Å². The van der Waals surface area contributed by atoms with Crippen molar-refractivity contribution >= 4 is 11.4 Å². The first-order chi connectivity index (χ1) is 7.11. The van der Waals surface area contributed by atoms with Gasteiger partial charge in [0.1, 0.15) is 5.76 Å². The Morgan fingerprint density at radius 3 is 2.53 bits per heavy atom. The number of anilines is 2. The van der Waals surface area contributed by atoms with E-state index in [-0.39, 0.29) is 0 Å². The van der Waals surface area contributed by atoms with Crippen LogP contribution in [0.15, 0.2) is 22.7 Å². The van der Waals surface area contributed by atoms with Crippen LogP contribution in [0.5, 0.6) is 0 Å². The second kappa shape index (κ2) is 3.31. The molecule has 0 aliphatic heterocycles. The van der Waals surface area contributed by atoms with Gasteiger partial charge in [0.15, 0.2) is 0 Å². The molecule has 1 heterocycles. The third-order valence-electron chi connectivity index (χ3n) is 2.44. The Morgan fingerprint density at radius 2 is 1.93 bits per heavy atom. The first kappa shape index (κ1) is 9.58. The molecule has 1 aromatic heterocycles. The van der Waals surface area contributed by atoms with Crippen molar-refractivity contribution in [3.63, 3.8) is 0 Å². The molecule has 0 spiro atoms. The van der Waals surface area contributed by atoms with Gasteiger partial charge in [-0.05, 0) is 19.9 Å². The zero-order valence-electron chi connectivity index (χ0n) is 8.74. The average Bonchev–Trinajstić information content (AvgIpc) is 2.52. The maximum absolute atomic E-state index is 5.92. The summed E-state index contributed by atoms with van der Waals surface area (Å²) in [6.45, 7) is 3.74. The lowest BCUT2D eigenvalue weighted by Crippen LogP contribution is -1.97. The van der Waals surface area contributed by atoms with Gasteiger partial charge in [-0.3, -0.25) is 0 Å². The van der Waals surface area contributed by atoms with Crippen LogP contribution in [0.4, 0.5) is 11.4 Å². The van der Waals surface area contributed by atoms with Crippen molar-refractivity contribution in [1.29, 1.82) is 0 Å². The molecule has 0 atom stereocenters. The molecule has 1 aromatic carbocycles. The third-order valence-corrected chi connectivity index (χ3v) is 2.44. The molecule has 0 amide bonds. The summed E-state index contributed by atoms with van der Waals surface area (Å²) >= 11 is 0. The van der Waals surface area contributed by atoms with E-state index < -0.39 is 0 Å². The Balaban J connectivity index is 2.69. The summed E-state index contributed by atoms with van der Waals surface area (Å²) in [7, 11) is 0. The molecule has 0 fully saturated rings. The number of aromatic nitrogens is 1. The van der Waals surface area contributed by atoms with E-state index in [0.717, 1.165) is 22.6 Å². The molecular formula is C11H13N3O. The predicted molar refractivity (Wildman–Crippen MR) is 60.2 cm³/mol. The van der Waals surface area contributed by atoms with E-state index in [2.05, 4.69) is 5.16 Å². The van der Waals surface area contributed by atoms with Crippen molar-refractivity contribution in [1.82, 2.24) is 5.16 Å². The van der Waals surface area contributed by atoms with Gasteiger partial charge in [0.2, 0.25) is 0 Å². The topological polar surface area (TPSA) is 78.1 Å². The number of hydrogen-bond acceptors (Lipinski definition) is 4. The molecule has 0 aliphatic carbocycles. The van der Waals surface area contributed by atoms with Crippen molar-refractivity contribution in [2.75, 3.05) is 11.5 Å². The Hall–Kier alpha value is -1.97. The van der Waals surface area contributed by atoms with Crippen LogP contribution in [0.3, 0.4) is 0 Å². The number of nitrogens with two attached hydrogens (primary N) is 2. The number of rotatable bonds is 1. The highest BCUT2D eigenvalue weighted by molar-refractivity contribution is 5.85. The van der Waals surface area contributed by atoms with Crippen molar-refractivity contribution in [2.24, 2.45) is 0 Å². The number of para-hydroxylation sites is 1. The molecule has 0 bridgehead atoms. The lowest BCUT2D eigenvalue weighted by Gasteiger charge is -2.07. The van der Waals surface area contributed by atoms with Crippen molar-refractivity contribution in [2.45, 2.75) is 13.8 Å². The summed E-state index contributed by atoms with van der Waals surface area (Å²) in [6, 6.07) is 5.56. The van der Waals surface area contributed by atoms with Crippen LogP contribution in [-0.4, -0.2) is 5.16 Å². The van der Waals surface area contributed by atoms with E-state index in [9.17, 15) is 0 Å². The normalized spacial score (nSPS) is 10.5. The van der Waals surface area contributed by atoms with E-state index >= 15 is 0 Å². The summed E-state index contributed by atoms with van der Waals surface area (Å²) in [5.41, 5.74) is 15.5. The summed E-state index contributed by atoms with van der Waals surface area (Å²) < 4.78 is 5.10.